The van der Waals surface area contributed by atoms with Crippen molar-refractivity contribution in [2.24, 2.45) is 5.41 Å². The molecule has 47 heavy (non-hydrogen) atoms. The number of amides is 1. The molecule has 3 saturated heterocycles. The van der Waals surface area contributed by atoms with Gasteiger partial charge in [0.1, 0.15) is 22.6 Å². The molecule has 3 aliphatic heterocycles. The van der Waals surface area contributed by atoms with Gasteiger partial charge in [-0.1, -0.05) is 19.6 Å². The number of halogens is 4. The van der Waals surface area contributed by atoms with Crippen molar-refractivity contribution in [2.75, 3.05) is 37.7 Å². The highest BCUT2D eigenvalue weighted by atomic mass is 28.3. The maximum Gasteiger partial charge on any atom is 0.525 e. The summed E-state index contributed by atoms with van der Waals surface area (Å²) >= 11 is 0. The van der Waals surface area contributed by atoms with Crippen molar-refractivity contribution in [3.05, 3.63) is 29.0 Å². The third-order valence-electron chi connectivity index (χ3n) is 9.79. The zero-order valence-corrected chi connectivity index (χ0v) is 30.8. The Balaban J connectivity index is 1.72. The number of alkyl halides is 3. The highest BCUT2D eigenvalue weighted by molar-refractivity contribution is 6.76. The summed E-state index contributed by atoms with van der Waals surface area (Å²) < 4.78 is 84.5. The van der Waals surface area contributed by atoms with E-state index in [0.29, 0.717) is 51.5 Å². The molecule has 264 valence electrons. The van der Waals surface area contributed by atoms with E-state index in [1.54, 1.807) is 37.5 Å². The maximum atomic E-state index is 15.9. The summed E-state index contributed by atoms with van der Waals surface area (Å²) in [6, 6.07) is 3.50. The quantitative estimate of drug-likeness (QED) is 0.211. The molecule has 0 radical (unpaired) electrons. The lowest BCUT2D eigenvalue weighted by atomic mass is 9.72. The number of benzene rings is 1. The van der Waals surface area contributed by atoms with Crippen LogP contribution in [0.15, 0.2) is 17.9 Å². The fourth-order valence-corrected chi connectivity index (χ4v) is 7.09. The summed E-state index contributed by atoms with van der Waals surface area (Å²) in [7, 11) is -2.93. The van der Waals surface area contributed by atoms with E-state index in [1.807, 2.05) is 20.8 Å². The molecule has 13 heteroatoms. The third kappa shape index (κ3) is 9.06. The summed E-state index contributed by atoms with van der Waals surface area (Å²) in [5.74, 6) is -0.252. The molecule has 1 spiro atoms. The van der Waals surface area contributed by atoms with E-state index in [9.17, 15) is 4.79 Å². The number of hydrogen-bond donors (Lipinski definition) is 0. The number of nitrogens with zero attached hydrogens (tertiary/aromatic N) is 2. The zero-order valence-electron chi connectivity index (χ0n) is 29.8. The van der Waals surface area contributed by atoms with E-state index in [2.05, 4.69) is 19.6 Å². The Morgan fingerprint density at radius 2 is 1.60 bits per heavy atom. The summed E-state index contributed by atoms with van der Waals surface area (Å²) in [5.41, 5.74) is -4.26. The maximum absolute atomic E-state index is 15.9. The summed E-state index contributed by atoms with van der Waals surface area (Å²) in [5, 5.41) is 0. The Kier molecular flexibility index (Phi) is 10.6. The predicted molar refractivity (Wildman–Crippen MR) is 181 cm³/mol. The molecule has 0 bridgehead atoms. The van der Waals surface area contributed by atoms with Gasteiger partial charge in [0.05, 0.1) is 23.5 Å². The Morgan fingerprint density at radius 1 is 1.00 bits per heavy atom. The van der Waals surface area contributed by atoms with Crippen LogP contribution in [0.5, 0.6) is 5.75 Å². The van der Waals surface area contributed by atoms with Crippen LogP contribution >= 0.6 is 0 Å². The number of piperidine rings is 2. The van der Waals surface area contributed by atoms with E-state index in [4.69, 9.17) is 18.8 Å². The van der Waals surface area contributed by atoms with Crippen LogP contribution < -0.4 is 9.64 Å². The van der Waals surface area contributed by atoms with Crippen molar-refractivity contribution in [1.82, 2.24) is 4.90 Å². The Hall–Kier alpha value is -2.25. The molecule has 1 aromatic carbocycles. The van der Waals surface area contributed by atoms with Gasteiger partial charge in [-0.05, 0) is 104 Å². The van der Waals surface area contributed by atoms with Gasteiger partial charge >= 0.3 is 19.4 Å². The summed E-state index contributed by atoms with van der Waals surface area (Å²) in [6.45, 7) is 20.8. The number of hydrogen-bond acceptors (Lipinski definition) is 6. The van der Waals surface area contributed by atoms with Crippen molar-refractivity contribution in [1.29, 1.82) is 0 Å². The molecular formula is C34H53BF4N2O5Si. The van der Waals surface area contributed by atoms with Crippen LogP contribution in [0.2, 0.25) is 25.7 Å². The van der Waals surface area contributed by atoms with E-state index < -0.39 is 49.5 Å². The van der Waals surface area contributed by atoms with E-state index in [0.717, 1.165) is 12.5 Å². The minimum atomic E-state index is -4.76. The molecule has 7 nitrogen and oxygen atoms in total. The monoisotopic (exact) mass is 684 g/mol. The Bertz CT molecular complexity index is 1320. The SMILES string of the molecule is CC(C)(C)OC(=O)N1CCC2(CCCN(c3c(/C=C(\F)B4OC(C)(C)C(C)(C)O4)ccc(OCC[Si](C)(C)C)c3C(F)(F)F)C2)CC1. The smallest absolute Gasteiger partial charge is 0.493 e. The molecule has 1 amide bonds. The van der Waals surface area contributed by atoms with Gasteiger partial charge in [-0.2, -0.15) is 13.2 Å². The summed E-state index contributed by atoms with van der Waals surface area (Å²) in [4.78, 5) is 16.2. The molecule has 0 saturated carbocycles. The zero-order chi connectivity index (χ0) is 35.2. The van der Waals surface area contributed by atoms with Gasteiger partial charge in [0.25, 0.3) is 0 Å². The topological polar surface area (TPSA) is 60.5 Å². The lowest BCUT2D eigenvalue weighted by molar-refractivity contribution is -0.138. The first-order chi connectivity index (χ1) is 21.4. The molecule has 0 aromatic heterocycles. The van der Waals surface area contributed by atoms with Gasteiger partial charge in [0, 0.05) is 39.8 Å². The number of rotatable bonds is 7. The molecule has 3 fully saturated rings. The van der Waals surface area contributed by atoms with Crippen LogP contribution in [0.4, 0.5) is 28.0 Å². The number of likely N-dealkylation sites (tertiary alicyclic amines) is 1. The Labute approximate surface area is 279 Å². The average Bonchev–Trinajstić information content (AvgIpc) is 3.13. The van der Waals surface area contributed by atoms with Crippen LogP contribution in [0.1, 0.15) is 85.3 Å². The fraction of sp³-hybridized carbons (Fsp3) is 0.735. The van der Waals surface area contributed by atoms with Gasteiger partial charge in [-0.15, -0.1) is 0 Å². The largest absolute Gasteiger partial charge is 0.525 e. The average molecular weight is 685 g/mol. The fourth-order valence-electron chi connectivity index (χ4n) is 6.38. The lowest BCUT2D eigenvalue weighted by Gasteiger charge is -2.49. The standard InChI is InChI=1S/C34H53BF4N2O5Si/c1-30(2,3)44-29(42)40-18-15-33(16-19-40)14-11-17-41(23-33)28-24(22-26(36)35-45-31(4,5)32(6,7)46-35)12-13-25(27(28)34(37,38)39)43-20-21-47(8,9)10/h12-13,22H,11,14-21,23H2,1-10H3/b26-22-. The molecule has 0 atom stereocenters. The molecule has 3 heterocycles. The second kappa shape index (κ2) is 13.2. The van der Waals surface area contributed by atoms with Crippen molar-refractivity contribution in [3.63, 3.8) is 0 Å². The van der Waals surface area contributed by atoms with Crippen molar-refractivity contribution >= 4 is 33.0 Å². The molecule has 0 aliphatic carbocycles. The summed E-state index contributed by atoms with van der Waals surface area (Å²) in [6.07, 6.45) is -1.29. The lowest BCUT2D eigenvalue weighted by Crippen LogP contribution is -2.51. The first-order valence-corrected chi connectivity index (χ1v) is 20.5. The van der Waals surface area contributed by atoms with E-state index in [1.165, 1.54) is 12.1 Å². The van der Waals surface area contributed by atoms with Gasteiger partial charge in [-0.25, -0.2) is 9.18 Å². The second-order valence-electron chi connectivity index (χ2n) is 16.6. The number of carbonyl (C=O) groups excluding carboxylic acids is 1. The van der Waals surface area contributed by atoms with Crippen LogP contribution in [0, 0.1) is 5.41 Å². The van der Waals surface area contributed by atoms with Crippen molar-refractivity contribution in [2.45, 2.75) is 123 Å². The van der Waals surface area contributed by atoms with E-state index in [-0.39, 0.29) is 35.1 Å². The van der Waals surface area contributed by atoms with Gasteiger partial charge in [0.2, 0.25) is 0 Å². The van der Waals surface area contributed by atoms with Crippen LogP contribution in [0.25, 0.3) is 6.08 Å². The molecule has 3 aliphatic rings. The van der Waals surface area contributed by atoms with Crippen LogP contribution in [-0.2, 0) is 20.2 Å². The second-order valence-corrected chi connectivity index (χ2v) is 22.3. The van der Waals surface area contributed by atoms with Crippen molar-refractivity contribution in [3.8, 4) is 5.75 Å². The number of ether oxygens (including phenoxy) is 2. The normalized spacial score (nSPS) is 21.7. The first-order valence-electron chi connectivity index (χ1n) is 16.7. The minimum absolute atomic E-state index is 0.0883. The highest BCUT2D eigenvalue weighted by Gasteiger charge is 2.53. The Morgan fingerprint density at radius 3 is 2.13 bits per heavy atom. The predicted octanol–water partition coefficient (Wildman–Crippen LogP) is 8.98. The van der Waals surface area contributed by atoms with E-state index >= 15 is 17.6 Å². The molecule has 0 N–H and O–H groups in total. The van der Waals surface area contributed by atoms with Gasteiger partial charge < -0.3 is 28.6 Å². The minimum Gasteiger partial charge on any atom is -0.493 e. The molecule has 0 unspecified atom stereocenters. The molecule has 4 rings (SSSR count). The highest BCUT2D eigenvalue weighted by Crippen LogP contribution is 2.49. The third-order valence-corrected chi connectivity index (χ3v) is 11.5. The van der Waals surface area contributed by atoms with Gasteiger partial charge in [0.15, 0.2) is 0 Å². The molecular weight excluding hydrogens is 631 g/mol. The number of anilines is 1. The van der Waals surface area contributed by atoms with Crippen LogP contribution in [-0.4, -0.2) is 75.8 Å². The number of carbonyl (C=O) groups is 1. The first kappa shape index (κ1) is 37.6. The van der Waals surface area contributed by atoms with Gasteiger partial charge in [-0.3, -0.25) is 0 Å². The van der Waals surface area contributed by atoms with Crippen molar-refractivity contribution < 1.29 is 41.1 Å². The molecule has 1 aromatic rings. The van der Waals surface area contributed by atoms with Crippen LogP contribution in [0.3, 0.4) is 0 Å².